The quantitative estimate of drug-likeness (QED) is 0.845. The lowest BCUT2D eigenvalue weighted by Gasteiger charge is -2.24. The summed E-state index contributed by atoms with van der Waals surface area (Å²) in [7, 11) is 0. The van der Waals surface area contributed by atoms with Crippen LogP contribution >= 0.6 is 0 Å². The lowest BCUT2D eigenvalue weighted by Crippen LogP contribution is -2.38. The number of nitrogens with one attached hydrogen (secondary N) is 1. The second-order valence-electron chi connectivity index (χ2n) is 5.11. The molecule has 4 heteroatoms. The van der Waals surface area contributed by atoms with Gasteiger partial charge in [0.05, 0.1) is 6.54 Å². The molecule has 0 amide bonds. The van der Waals surface area contributed by atoms with Crippen molar-refractivity contribution >= 4 is 5.97 Å². The van der Waals surface area contributed by atoms with E-state index in [2.05, 4.69) is 12.2 Å². The van der Waals surface area contributed by atoms with Gasteiger partial charge in [0.2, 0.25) is 0 Å². The molecule has 0 radical (unpaired) electrons. The SMILES string of the molecule is Cc1oc(CNC2(C)CCCC2)cc1C(=O)O. The van der Waals surface area contributed by atoms with Gasteiger partial charge in [-0.1, -0.05) is 12.8 Å². The van der Waals surface area contributed by atoms with Crippen molar-refractivity contribution in [3.8, 4) is 0 Å². The summed E-state index contributed by atoms with van der Waals surface area (Å²) in [5.74, 6) is 0.253. The average Bonchev–Trinajstić information content (AvgIpc) is 2.83. The van der Waals surface area contributed by atoms with Gasteiger partial charge in [-0.05, 0) is 32.8 Å². The first-order valence-corrected chi connectivity index (χ1v) is 6.08. The van der Waals surface area contributed by atoms with Crippen molar-refractivity contribution < 1.29 is 14.3 Å². The third-order valence-corrected chi connectivity index (χ3v) is 3.60. The number of rotatable bonds is 4. The maximum Gasteiger partial charge on any atom is 0.339 e. The van der Waals surface area contributed by atoms with Crippen molar-refractivity contribution in [2.75, 3.05) is 0 Å². The van der Waals surface area contributed by atoms with Crippen LogP contribution in [0.4, 0.5) is 0 Å². The Morgan fingerprint density at radius 2 is 2.18 bits per heavy atom. The van der Waals surface area contributed by atoms with Crippen molar-refractivity contribution in [3.05, 3.63) is 23.2 Å². The number of carbonyl (C=O) groups is 1. The first-order chi connectivity index (χ1) is 8.00. The Labute approximate surface area is 101 Å². The molecule has 0 unspecified atom stereocenters. The summed E-state index contributed by atoms with van der Waals surface area (Å²) in [6.07, 6.45) is 4.89. The molecule has 0 bridgehead atoms. The molecular weight excluding hydrogens is 218 g/mol. The first-order valence-electron chi connectivity index (χ1n) is 6.08. The number of carboxylic acid groups (broad SMARTS) is 1. The van der Waals surface area contributed by atoms with Gasteiger partial charge in [0.1, 0.15) is 17.1 Å². The van der Waals surface area contributed by atoms with E-state index in [0.29, 0.717) is 18.1 Å². The van der Waals surface area contributed by atoms with Crippen LogP contribution in [0.25, 0.3) is 0 Å². The minimum atomic E-state index is -0.926. The van der Waals surface area contributed by atoms with E-state index < -0.39 is 5.97 Å². The topological polar surface area (TPSA) is 62.5 Å². The first kappa shape index (κ1) is 12.2. The van der Waals surface area contributed by atoms with Gasteiger partial charge in [0.15, 0.2) is 0 Å². The Morgan fingerprint density at radius 1 is 1.53 bits per heavy atom. The van der Waals surface area contributed by atoms with Crippen LogP contribution in [0, 0.1) is 6.92 Å². The third kappa shape index (κ3) is 2.69. The minimum absolute atomic E-state index is 0.185. The molecule has 1 aliphatic carbocycles. The van der Waals surface area contributed by atoms with Gasteiger partial charge in [-0.15, -0.1) is 0 Å². The van der Waals surface area contributed by atoms with Crippen LogP contribution in [0.15, 0.2) is 10.5 Å². The molecule has 1 heterocycles. The van der Waals surface area contributed by atoms with Crippen molar-refractivity contribution in [2.45, 2.75) is 51.6 Å². The van der Waals surface area contributed by atoms with E-state index in [1.165, 1.54) is 25.7 Å². The van der Waals surface area contributed by atoms with Crippen molar-refractivity contribution in [2.24, 2.45) is 0 Å². The molecule has 2 rings (SSSR count). The fraction of sp³-hybridized carbons (Fsp3) is 0.615. The summed E-state index contributed by atoms with van der Waals surface area (Å²) in [6.45, 7) is 4.50. The number of aryl methyl sites for hydroxylation is 1. The van der Waals surface area contributed by atoms with E-state index in [1.807, 2.05) is 0 Å². The zero-order chi connectivity index (χ0) is 12.5. The lowest BCUT2D eigenvalue weighted by molar-refractivity contribution is 0.0695. The minimum Gasteiger partial charge on any atom is -0.478 e. The highest BCUT2D eigenvalue weighted by molar-refractivity contribution is 5.88. The van der Waals surface area contributed by atoms with Crippen LogP contribution < -0.4 is 5.32 Å². The lowest BCUT2D eigenvalue weighted by atomic mass is 10.0. The van der Waals surface area contributed by atoms with Crippen molar-refractivity contribution in [3.63, 3.8) is 0 Å². The molecule has 1 aliphatic rings. The van der Waals surface area contributed by atoms with E-state index in [9.17, 15) is 4.79 Å². The van der Waals surface area contributed by atoms with Crippen LogP contribution in [0.5, 0.6) is 0 Å². The summed E-state index contributed by atoms with van der Waals surface area (Å²) in [5, 5.41) is 12.4. The second-order valence-corrected chi connectivity index (χ2v) is 5.11. The molecule has 0 saturated heterocycles. The van der Waals surface area contributed by atoms with Crippen molar-refractivity contribution in [1.29, 1.82) is 0 Å². The Bertz CT molecular complexity index is 416. The standard InChI is InChI=1S/C13H19NO3/c1-9-11(12(15)16)7-10(17-9)8-14-13(2)5-3-4-6-13/h7,14H,3-6,8H2,1-2H3,(H,15,16). The third-order valence-electron chi connectivity index (χ3n) is 3.60. The summed E-state index contributed by atoms with van der Waals surface area (Å²) < 4.78 is 5.44. The highest BCUT2D eigenvalue weighted by Crippen LogP contribution is 2.29. The molecule has 0 atom stereocenters. The molecule has 0 aromatic carbocycles. The molecule has 0 aliphatic heterocycles. The largest absolute Gasteiger partial charge is 0.478 e. The predicted molar refractivity (Wildman–Crippen MR) is 64.1 cm³/mol. The molecule has 1 saturated carbocycles. The van der Waals surface area contributed by atoms with Gasteiger partial charge in [-0.2, -0.15) is 0 Å². The van der Waals surface area contributed by atoms with E-state index in [1.54, 1.807) is 13.0 Å². The van der Waals surface area contributed by atoms with Gasteiger partial charge in [0.25, 0.3) is 0 Å². The number of hydrogen-bond donors (Lipinski definition) is 2. The van der Waals surface area contributed by atoms with E-state index in [4.69, 9.17) is 9.52 Å². The Morgan fingerprint density at radius 3 is 2.71 bits per heavy atom. The average molecular weight is 237 g/mol. The zero-order valence-electron chi connectivity index (χ0n) is 10.4. The molecule has 94 valence electrons. The van der Waals surface area contributed by atoms with Crippen LogP contribution in [0.1, 0.15) is 54.5 Å². The van der Waals surface area contributed by atoms with Crippen LogP contribution in [-0.2, 0) is 6.54 Å². The molecule has 1 fully saturated rings. The van der Waals surface area contributed by atoms with Gasteiger partial charge < -0.3 is 14.8 Å². The van der Waals surface area contributed by atoms with Crippen LogP contribution in [-0.4, -0.2) is 16.6 Å². The summed E-state index contributed by atoms with van der Waals surface area (Å²) >= 11 is 0. The normalized spacial score (nSPS) is 18.5. The van der Waals surface area contributed by atoms with Gasteiger partial charge >= 0.3 is 5.97 Å². The number of hydrogen-bond acceptors (Lipinski definition) is 3. The smallest absolute Gasteiger partial charge is 0.339 e. The summed E-state index contributed by atoms with van der Waals surface area (Å²) in [6, 6.07) is 1.61. The number of aromatic carboxylic acids is 1. The monoisotopic (exact) mass is 237 g/mol. The highest BCUT2D eigenvalue weighted by atomic mass is 16.4. The van der Waals surface area contributed by atoms with Crippen LogP contribution in [0.3, 0.4) is 0 Å². The van der Waals surface area contributed by atoms with Gasteiger partial charge in [0, 0.05) is 5.54 Å². The molecule has 4 nitrogen and oxygen atoms in total. The zero-order valence-corrected chi connectivity index (χ0v) is 10.4. The summed E-state index contributed by atoms with van der Waals surface area (Å²) in [5.41, 5.74) is 0.447. The van der Waals surface area contributed by atoms with E-state index in [0.717, 1.165) is 0 Å². The van der Waals surface area contributed by atoms with E-state index in [-0.39, 0.29) is 11.1 Å². The van der Waals surface area contributed by atoms with Crippen LogP contribution in [0.2, 0.25) is 0 Å². The van der Waals surface area contributed by atoms with Crippen molar-refractivity contribution in [1.82, 2.24) is 5.32 Å². The van der Waals surface area contributed by atoms with Gasteiger partial charge in [-0.3, -0.25) is 0 Å². The maximum atomic E-state index is 10.9. The fourth-order valence-electron chi connectivity index (χ4n) is 2.48. The predicted octanol–water partition coefficient (Wildman–Crippen LogP) is 2.71. The maximum absolute atomic E-state index is 10.9. The second kappa shape index (κ2) is 4.53. The number of carboxylic acids is 1. The molecule has 1 aromatic heterocycles. The fourth-order valence-corrected chi connectivity index (χ4v) is 2.48. The molecule has 0 spiro atoms. The molecule has 17 heavy (non-hydrogen) atoms. The highest BCUT2D eigenvalue weighted by Gasteiger charge is 2.28. The summed E-state index contributed by atoms with van der Waals surface area (Å²) in [4.78, 5) is 10.9. The Kier molecular flexibility index (Phi) is 3.24. The molecular formula is C13H19NO3. The van der Waals surface area contributed by atoms with Gasteiger partial charge in [-0.25, -0.2) is 4.79 Å². The Balaban J connectivity index is 1.99. The molecule has 2 N–H and O–H groups in total. The van der Waals surface area contributed by atoms with E-state index >= 15 is 0 Å². The molecule has 1 aromatic rings. The Hall–Kier alpha value is -1.29. The number of furan rings is 1.